The average Bonchev–Trinajstić information content (AvgIpc) is 3.86. The third-order valence-corrected chi connectivity index (χ3v) is 8.21. The van der Waals surface area contributed by atoms with Crippen molar-refractivity contribution in [3.63, 3.8) is 0 Å². The SMILES string of the molecule is O=C(OCc1cccc(CO[N+](=O)[O-])c1)N1CCCC(OCC2(Cc3ccccc3)CC2)C1.c1ccc(-c2ccccc2)cc1. The van der Waals surface area contributed by atoms with Crippen LogP contribution in [0.25, 0.3) is 11.1 Å². The number of carbonyl (C=O) groups is 1. The molecule has 0 bridgehead atoms. The second-order valence-corrected chi connectivity index (χ2v) is 11.8. The van der Waals surface area contributed by atoms with Crippen LogP contribution in [0.5, 0.6) is 0 Å². The van der Waals surface area contributed by atoms with Gasteiger partial charge in [0, 0.05) is 6.54 Å². The summed E-state index contributed by atoms with van der Waals surface area (Å²) < 4.78 is 11.8. The molecule has 2 aliphatic rings. The fourth-order valence-electron chi connectivity index (χ4n) is 5.55. The lowest BCUT2D eigenvalue weighted by molar-refractivity contribution is -0.763. The van der Waals surface area contributed by atoms with Crippen molar-refractivity contribution in [1.82, 2.24) is 4.90 Å². The molecule has 4 aromatic carbocycles. The molecule has 234 valence electrons. The second kappa shape index (κ2) is 15.9. The van der Waals surface area contributed by atoms with Gasteiger partial charge in [-0.05, 0) is 65.3 Å². The van der Waals surface area contributed by atoms with Crippen LogP contribution >= 0.6 is 0 Å². The number of piperidine rings is 1. The van der Waals surface area contributed by atoms with Crippen LogP contribution in [-0.2, 0) is 33.9 Å². The lowest BCUT2D eigenvalue weighted by Gasteiger charge is -2.33. The van der Waals surface area contributed by atoms with Gasteiger partial charge in [-0.15, -0.1) is 10.1 Å². The van der Waals surface area contributed by atoms with Crippen LogP contribution in [0.4, 0.5) is 4.79 Å². The van der Waals surface area contributed by atoms with Gasteiger partial charge in [0.15, 0.2) is 0 Å². The molecule has 8 nitrogen and oxygen atoms in total. The first kappa shape index (κ1) is 31.7. The zero-order valence-corrected chi connectivity index (χ0v) is 25.5. The smallest absolute Gasteiger partial charge is 0.410 e. The van der Waals surface area contributed by atoms with Crippen LogP contribution in [0.3, 0.4) is 0 Å². The summed E-state index contributed by atoms with van der Waals surface area (Å²) in [5, 5.41) is 9.53. The van der Waals surface area contributed by atoms with Crippen LogP contribution in [0.15, 0.2) is 115 Å². The Hall–Kier alpha value is -4.69. The Morgan fingerprint density at radius 3 is 1.98 bits per heavy atom. The molecule has 1 amide bonds. The van der Waals surface area contributed by atoms with Gasteiger partial charge >= 0.3 is 6.09 Å². The summed E-state index contributed by atoms with van der Waals surface area (Å²) in [4.78, 5) is 29.1. The highest BCUT2D eigenvalue weighted by Gasteiger charge is 2.43. The van der Waals surface area contributed by atoms with Crippen LogP contribution in [0.1, 0.15) is 42.4 Å². The summed E-state index contributed by atoms with van der Waals surface area (Å²) in [6, 6.07) is 38.4. The van der Waals surface area contributed by atoms with Crippen molar-refractivity contribution in [3.8, 4) is 11.1 Å². The standard InChI is InChI=1S/C25H30N2O6.C12H10/c28-24(31-17-21-8-4-9-22(14-21)18-33-27(29)30)26-13-5-10-23(16-26)32-19-25(11-12-25)15-20-6-2-1-3-7-20;1-3-7-11(8-4-1)12-9-5-2-6-10-12/h1-4,6-9,14,23H,5,10-13,15-19H2;1-10H. The maximum atomic E-state index is 12.6. The minimum absolute atomic E-state index is 0.0298. The minimum Gasteiger partial charge on any atom is -0.445 e. The highest BCUT2D eigenvalue weighted by molar-refractivity contribution is 5.67. The second-order valence-electron chi connectivity index (χ2n) is 11.8. The Morgan fingerprint density at radius 2 is 1.38 bits per heavy atom. The summed E-state index contributed by atoms with van der Waals surface area (Å²) in [7, 11) is 0. The van der Waals surface area contributed by atoms with E-state index in [0.717, 1.165) is 31.4 Å². The number of likely N-dealkylation sites (tertiary alicyclic amines) is 1. The van der Waals surface area contributed by atoms with Gasteiger partial charge in [-0.3, -0.25) is 0 Å². The maximum Gasteiger partial charge on any atom is 0.410 e. The van der Waals surface area contributed by atoms with Gasteiger partial charge < -0.3 is 19.2 Å². The van der Waals surface area contributed by atoms with Gasteiger partial charge in [-0.1, -0.05) is 115 Å². The summed E-state index contributed by atoms with van der Waals surface area (Å²) in [5.41, 5.74) is 5.55. The van der Waals surface area contributed by atoms with E-state index in [1.807, 2.05) is 24.3 Å². The van der Waals surface area contributed by atoms with Crippen LogP contribution in [-0.4, -0.2) is 41.9 Å². The predicted octanol–water partition coefficient (Wildman–Crippen LogP) is 7.89. The van der Waals surface area contributed by atoms with E-state index in [1.165, 1.54) is 29.5 Å². The summed E-state index contributed by atoms with van der Waals surface area (Å²) in [6.45, 7) is 1.90. The fourth-order valence-corrected chi connectivity index (χ4v) is 5.55. The van der Waals surface area contributed by atoms with Gasteiger partial charge in [0.25, 0.3) is 5.09 Å². The molecule has 1 atom stereocenters. The van der Waals surface area contributed by atoms with Gasteiger partial charge in [0.1, 0.15) is 13.2 Å². The summed E-state index contributed by atoms with van der Waals surface area (Å²) in [5.74, 6) is 0. The first-order valence-electron chi connectivity index (χ1n) is 15.5. The van der Waals surface area contributed by atoms with Crippen LogP contribution in [0.2, 0.25) is 0 Å². The molecule has 1 aliphatic carbocycles. The van der Waals surface area contributed by atoms with E-state index in [2.05, 4.69) is 77.6 Å². The van der Waals surface area contributed by atoms with E-state index in [4.69, 9.17) is 9.47 Å². The average molecular weight is 609 g/mol. The zero-order chi connectivity index (χ0) is 31.3. The Kier molecular flexibility index (Phi) is 11.2. The summed E-state index contributed by atoms with van der Waals surface area (Å²) >= 11 is 0. The molecule has 1 saturated heterocycles. The molecule has 2 fully saturated rings. The lowest BCUT2D eigenvalue weighted by Crippen LogP contribution is -2.44. The number of amides is 1. The van der Waals surface area contributed by atoms with E-state index in [1.54, 1.807) is 23.1 Å². The first-order valence-corrected chi connectivity index (χ1v) is 15.5. The van der Waals surface area contributed by atoms with Gasteiger partial charge in [0.05, 0.1) is 19.3 Å². The molecule has 45 heavy (non-hydrogen) atoms. The fraction of sp³-hybridized carbons (Fsp3) is 0.324. The highest BCUT2D eigenvalue weighted by Crippen LogP contribution is 2.49. The third-order valence-electron chi connectivity index (χ3n) is 8.21. The van der Waals surface area contributed by atoms with Crippen molar-refractivity contribution in [2.75, 3.05) is 19.7 Å². The highest BCUT2D eigenvalue weighted by atomic mass is 16.9. The molecule has 0 N–H and O–H groups in total. The molecule has 0 radical (unpaired) electrons. The number of rotatable bonds is 11. The normalized spacial score (nSPS) is 16.5. The molecule has 1 heterocycles. The predicted molar refractivity (Wildman–Crippen MR) is 173 cm³/mol. The van der Waals surface area contributed by atoms with E-state index < -0.39 is 5.09 Å². The largest absolute Gasteiger partial charge is 0.445 e. The number of ether oxygens (including phenoxy) is 2. The van der Waals surface area contributed by atoms with E-state index >= 15 is 0 Å². The Morgan fingerprint density at radius 1 is 0.800 bits per heavy atom. The molecule has 1 unspecified atom stereocenters. The van der Waals surface area contributed by atoms with E-state index in [-0.39, 0.29) is 30.8 Å². The van der Waals surface area contributed by atoms with Crippen molar-refractivity contribution >= 4 is 6.09 Å². The minimum atomic E-state index is -0.825. The van der Waals surface area contributed by atoms with Crippen molar-refractivity contribution < 1.29 is 24.2 Å². The van der Waals surface area contributed by atoms with Crippen molar-refractivity contribution in [1.29, 1.82) is 0 Å². The van der Waals surface area contributed by atoms with Gasteiger partial charge in [0.2, 0.25) is 0 Å². The maximum absolute atomic E-state index is 12.6. The van der Waals surface area contributed by atoms with Gasteiger partial charge in [-0.25, -0.2) is 4.79 Å². The topological polar surface area (TPSA) is 91.1 Å². The third kappa shape index (κ3) is 10.2. The first-order chi connectivity index (χ1) is 22.0. The number of nitrogens with zero attached hydrogens (tertiary/aromatic N) is 2. The molecule has 0 aromatic heterocycles. The molecule has 4 aromatic rings. The van der Waals surface area contributed by atoms with Gasteiger partial charge in [-0.2, -0.15) is 0 Å². The Labute approximate surface area is 264 Å². The molecular formula is C37H40N2O6. The van der Waals surface area contributed by atoms with Crippen molar-refractivity contribution in [2.45, 2.75) is 51.4 Å². The van der Waals surface area contributed by atoms with Crippen molar-refractivity contribution in [3.05, 3.63) is 142 Å². The van der Waals surface area contributed by atoms with Crippen LogP contribution < -0.4 is 0 Å². The molecule has 1 aliphatic heterocycles. The molecule has 0 spiro atoms. The molecule has 6 rings (SSSR count). The van der Waals surface area contributed by atoms with E-state index in [0.29, 0.717) is 18.7 Å². The van der Waals surface area contributed by atoms with E-state index in [9.17, 15) is 14.9 Å². The summed E-state index contributed by atoms with van der Waals surface area (Å²) in [6.07, 6.45) is 4.92. The van der Waals surface area contributed by atoms with Crippen LogP contribution in [0, 0.1) is 15.5 Å². The number of carbonyl (C=O) groups excluding carboxylic acids is 1. The Balaban J connectivity index is 0.000000277. The molecule has 1 saturated carbocycles. The van der Waals surface area contributed by atoms with Crippen molar-refractivity contribution in [2.24, 2.45) is 5.41 Å². The zero-order valence-electron chi connectivity index (χ0n) is 25.5. The monoisotopic (exact) mass is 608 g/mol. The number of benzene rings is 4. The lowest BCUT2D eigenvalue weighted by atomic mass is 9.97. The number of hydrogen-bond acceptors (Lipinski definition) is 6. The Bertz CT molecular complexity index is 1460. The number of hydrogen-bond donors (Lipinski definition) is 0. The molecular weight excluding hydrogens is 568 g/mol. The molecule has 8 heteroatoms. The quantitative estimate of drug-likeness (QED) is 0.127.